The maximum atomic E-state index is 4.43. The molecular weight excluding hydrogens is 364 g/mol. The minimum Gasteiger partial charge on any atom is -0.381 e. The summed E-state index contributed by atoms with van der Waals surface area (Å²) < 4.78 is 0. The molecule has 0 aliphatic rings. The predicted octanol–water partition coefficient (Wildman–Crippen LogP) is 7.19. The molecule has 0 fully saturated rings. The highest BCUT2D eigenvalue weighted by Crippen LogP contribution is 2.31. The fourth-order valence-corrected chi connectivity index (χ4v) is 3.47. The highest BCUT2D eigenvalue weighted by atomic mass is 15.0. The zero-order chi connectivity index (χ0) is 23.1. The monoisotopic (exact) mass is 408 g/mol. The van der Waals surface area contributed by atoms with Gasteiger partial charge in [-0.05, 0) is 45.1 Å². The van der Waals surface area contributed by atoms with Gasteiger partial charge in [-0.3, -0.25) is 0 Å². The normalized spacial score (nSPS) is 14.4. The molecule has 0 aromatic heterocycles. The number of nitrogens with one attached hydrogen (secondary N) is 2. The smallest absolute Gasteiger partial charge is 0.0676 e. The van der Waals surface area contributed by atoms with E-state index in [9.17, 15) is 0 Å². The quantitative estimate of drug-likeness (QED) is 0.337. The maximum absolute atomic E-state index is 4.43. The highest BCUT2D eigenvalue weighted by molar-refractivity contribution is 5.35. The first-order valence-corrected chi connectivity index (χ1v) is 11.2. The van der Waals surface area contributed by atoms with Gasteiger partial charge in [0.2, 0.25) is 0 Å². The second-order valence-electron chi connectivity index (χ2n) is 9.54. The molecule has 2 unspecified atom stereocenters. The second-order valence-corrected chi connectivity index (χ2v) is 9.54. The molecule has 0 heterocycles. The number of benzene rings is 1. The van der Waals surface area contributed by atoms with Crippen molar-refractivity contribution >= 4 is 0 Å². The molecule has 3 atom stereocenters. The van der Waals surface area contributed by atoms with E-state index in [0.29, 0.717) is 5.92 Å². The van der Waals surface area contributed by atoms with Crippen LogP contribution in [0.1, 0.15) is 71.9 Å². The van der Waals surface area contributed by atoms with E-state index in [1.165, 1.54) is 16.7 Å². The zero-order valence-corrected chi connectivity index (χ0v) is 20.5. The Morgan fingerprint density at radius 2 is 1.57 bits per heavy atom. The Morgan fingerprint density at radius 3 is 2.03 bits per heavy atom. The number of hydrogen-bond donors (Lipinski definition) is 2. The summed E-state index contributed by atoms with van der Waals surface area (Å²) in [5, 5.41) is 7.38. The third-order valence-electron chi connectivity index (χ3n) is 6.26. The molecule has 0 aliphatic heterocycles. The van der Waals surface area contributed by atoms with E-state index in [2.05, 4.69) is 110 Å². The first kappa shape index (κ1) is 25.8. The van der Waals surface area contributed by atoms with E-state index in [-0.39, 0.29) is 17.5 Å². The number of hydrogen-bond acceptors (Lipinski definition) is 2. The number of rotatable bonds is 13. The third kappa shape index (κ3) is 7.23. The lowest BCUT2D eigenvalue weighted by Gasteiger charge is -2.36. The van der Waals surface area contributed by atoms with Gasteiger partial charge in [0.05, 0.1) is 6.04 Å². The van der Waals surface area contributed by atoms with Crippen LogP contribution in [0.5, 0.6) is 0 Å². The van der Waals surface area contributed by atoms with Crippen molar-refractivity contribution in [2.24, 2.45) is 5.92 Å². The van der Waals surface area contributed by atoms with Crippen LogP contribution in [0.15, 0.2) is 73.1 Å². The number of aryl methyl sites for hydroxylation is 1. The summed E-state index contributed by atoms with van der Waals surface area (Å²) in [6, 6.07) is 9.01. The van der Waals surface area contributed by atoms with Crippen molar-refractivity contribution in [3.05, 3.63) is 84.2 Å². The van der Waals surface area contributed by atoms with Gasteiger partial charge in [0.25, 0.3) is 0 Å². The van der Waals surface area contributed by atoms with Crippen LogP contribution in [0.3, 0.4) is 0 Å². The lowest BCUT2D eigenvalue weighted by Crippen LogP contribution is -2.46. The average Bonchev–Trinajstić information content (AvgIpc) is 2.68. The van der Waals surface area contributed by atoms with Crippen LogP contribution in [0.4, 0.5) is 0 Å². The van der Waals surface area contributed by atoms with E-state index in [1.807, 2.05) is 0 Å². The topological polar surface area (TPSA) is 24.1 Å². The van der Waals surface area contributed by atoms with Gasteiger partial charge in [-0.25, -0.2) is 0 Å². The molecule has 1 aromatic carbocycles. The minimum absolute atomic E-state index is 0.0962. The molecule has 2 N–H and O–H groups in total. The molecule has 1 aromatic rings. The van der Waals surface area contributed by atoms with Crippen LogP contribution in [-0.4, -0.2) is 12.1 Å². The summed E-state index contributed by atoms with van der Waals surface area (Å²) >= 11 is 0. The SMILES string of the molecule is C=C(C)CCC(NC(=C)[C@@H](NC(=C)C(C)(C)c1ccc(C)cc1)C(C)CC)C(=C)C. The van der Waals surface area contributed by atoms with E-state index >= 15 is 0 Å². The van der Waals surface area contributed by atoms with Crippen LogP contribution < -0.4 is 10.6 Å². The van der Waals surface area contributed by atoms with Gasteiger partial charge in [0, 0.05) is 22.9 Å². The van der Waals surface area contributed by atoms with Crippen molar-refractivity contribution in [3.8, 4) is 0 Å². The first-order chi connectivity index (χ1) is 13.9. The molecule has 1 rings (SSSR count). The van der Waals surface area contributed by atoms with Gasteiger partial charge in [-0.2, -0.15) is 0 Å². The van der Waals surface area contributed by atoms with Crippen molar-refractivity contribution < 1.29 is 0 Å². The summed E-state index contributed by atoms with van der Waals surface area (Å²) in [4.78, 5) is 0. The third-order valence-corrected chi connectivity index (χ3v) is 6.26. The van der Waals surface area contributed by atoms with E-state index < -0.39 is 0 Å². The molecular formula is C28H44N2. The van der Waals surface area contributed by atoms with Gasteiger partial charge in [0.15, 0.2) is 0 Å². The number of allylic oxidation sites excluding steroid dienone is 2. The van der Waals surface area contributed by atoms with Crippen LogP contribution in [-0.2, 0) is 5.41 Å². The van der Waals surface area contributed by atoms with Crippen molar-refractivity contribution in [2.45, 2.75) is 85.2 Å². The molecule has 0 bridgehead atoms. The van der Waals surface area contributed by atoms with E-state index in [4.69, 9.17) is 0 Å². The fraction of sp³-hybridized carbons (Fsp3) is 0.500. The molecule has 166 valence electrons. The van der Waals surface area contributed by atoms with Gasteiger partial charge >= 0.3 is 0 Å². The summed E-state index contributed by atoms with van der Waals surface area (Å²) in [6.45, 7) is 32.3. The van der Waals surface area contributed by atoms with E-state index in [1.54, 1.807) is 0 Å². The van der Waals surface area contributed by atoms with Crippen LogP contribution in [0, 0.1) is 12.8 Å². The largest absolute Gasteiger partial charge is 0.381 e. The van der Waals surface area contributed by atoms with Crippen molar-refractivity contribution in [1.29, 1.82) is 0 Å². The van der Waals surface area contributed by atoms with E-state index in [0.717, 1.165) is 36.2 Å². The molecule has 0 saturated heterocycles. The first-order valence-electron chi connectivity index (χ1n) is 11.2. The lowest BCUT2D eigenvalue weighted by molar-refractivity contribution is 0.386. The van der Waals surface area contributed by atoms with Crippen molar-refractivity contribution in [2.75, 3.05) is 0 Å². The van der Waals surface area contributed by atoms with Gasteiger partial charge in [0.1, 0.15) is 0 Å². The van der Waals surface area contributed by atoms with Crippen LogP contribution in [0.25, 0.3) is 0 Å². The lowest BCUT2D eigenvalue weighted by atomic mass is 9.80. The van der Waals surface area contributed by atoms with Crippen molar-refractivity contribution in [1.82, 2.24) is 10.6 Å². The van der Waals surface area contributed by atoms with Crippen molar-refractivity contribution in [3.63, 3.8) is 0 Å². The average molecular weight is 409 g/mol. The Balaban J connectivity index is 3.01. The Kier molecular flexibility index (Phi) is 9.68. The molecule has 0 amide bonds. The van der Waals surface area contributed by atoms with Crippen LogP contribution in [0.2, 0.25) is 0 Å². The minimum atomic E-state index is -0.187. The Hall–Kier alpha value is -2.22. The maximum Gasteiger partial charge on any atom is 0.0676 e. The van der Waals surface area contributed by atoms with Gasteiger partial charge in [-0.15, -0.1) is 6.58 Å². The van der Waals surface area contributed by atoms with Gasteiger partial charge in [-0.1, -0.05) is 94.8 Å². The summed E-state index contributed by atoms with van der Waals surface area (Å²) in [6.07, 6.45) is 3.01. The Bertz CT molecular complexity index is 751. The van der Waals surface area contributed by atoms with Gasteiger partial charge < -0.3 is 10.6 Å². The molecule has 0 saturated carbocycles. The molecule has 0 aliphatic carbocycles. The zero-order valence-electron chi connectivity index (χ0n) is 20.5. The molecule has 2 heteroatoms. The fourth-order valence-electron chi connectivity index (χ4n) is 3.47. The highest BCUT2D eigenvalue weighted by Gasteiger charge is 2.29. The second kappa shape index (κ2) is 11.2. The Labute approximate surface area is 186 Å². The predicted molar refractivity (Wildman–Crippen MR) is 135 cm³/mol. The van der Waals surface area contributed by atoms with Crippen LogP contribution >= 0.6 is 0 Å². The summed E-state index contributed by atoms with van der Waals surface area (Å²) in [5.41, 5.74) is 6.66. The molecule has 2 nitrogen and oxygen atoms in total. The summed E-state index contributed by atoms with van der Waals surface area (Å²) in [5.74, 6) is 0.419. The Morgan fingerprint density at radius 1 is 1.00 bits per heavy atom. The molecule has 0 radical (unpaired) electrons. The molecule has 0 spiro atoms. The molecule has 30 heavy (non-hydrogen) atoms. The summed E-state index contributed by atoms with van der Waals surface area (Å²) in [7, 11) is 0. The standard InChI is InChI=1S/C28H44N2/c1-12-22(7)27(23(8)29-26(20(4)5)18-13-19(2)3)30-24(9)28(10,11)25-16-14-21(6)15-17-25/h14-17,22,26-27,29-30H,2,4,8-9,12-13,18H2,1,3,5-7,10-11H3/t22?,26?,27-/m0/s1.